The van der Waals surface area contributed by atoms with Crippen LogP contribution in [0.4, 0.5) is 14.5 Å². The molecule has 2 N–H and O–H groups in total. The molecule has 0 fully saturated rings. The molecule has 0 aliphatic heterocycles. The Morgan fingerprint density at radius 1 is 1.10 bits per heavy atom. The number of hydrogen-bond donors (Lipinski definition) is 2. The molecule has 0 saturated carbocycles. The van der Waals surface area contributed by atoms with Gasteiger partial charge >= 0.3 is 10.2 Å². The lowest BCUT2D eigenvalue weighted by atomic mass is 10.2. The van der Waals surface area contributed by atoms with Crippen LogP contribution in [-0.4, -0.2) is 31.0 Å². The number of anilines is 1. The Labute approximate surface area is 165 Å². The molecular weight excluding hydrogens is 406 g/mol. The van der Waals surface area contributed by atoms with Gasteiger partial charge in [0.15, 0.2) is 0 Å². The molecule has 0 aliphatic rings. The lowest BCUT2D eigenvalue weighted by Gasteiger charge is -2.11. The van der Waals surface area contributed by atoms with Gasteiger partial charge in [0.05, 0.1) is 18.4 Å². The van der Waals surface area contributed by atoms with Gasteiger partial charge in [0, 0.05) is 13.2 Å². The van der Waals surface area contributed by atoms with E-state index >= 15 is 0 Å². The van der Waals surface area contributed by atoms with Gasteiger partial charge < -0.3 is 9.30 Å². The first-order chi connectivity index (χ1) is 13.7. The summed E-state index contributed by atoms with van der Waals surface area (Å²) >= 11 is 0. The van der Waals surface area contributed by atoms with Crippen LogP contribution < -0.4 is 14.2 Å². The average molecular weight is 422 g/mol. The zero-order chi connectivity index (χ0) is 21.2. The molecule has 8 nitrogen and oxygen atoms in total. The smallest absolute Gasteiger partial charge is 0.324 e. The minimum Gasteiger partial charge on any atom is -0.495 e. The SMILES string of the molecule is COc1ccccc1NS(=O)(=O)NC(=O)c1cn(C)c(-c2c(F)cccc2F)n1. The van der Waals surface area contributed by atoms with Gasteiger partial charge in [-0.15, -0.1) is 0 Å². The number of rotatable bonds is 6. The molecular formula is C18H16F2N4O4S. The lowest BCUT2D eigenvalue weighted by Crippen LogP contribution is -2.35. The van der Waals surface area contributed by atoms with Gasteiger partial charge in [0.2, 0.25) is 0 Å². The Balaban J connectivity index is 1.84. The number of carbonyl (C=O) groups is 1. The monoisotopic (exact) mass is 422 g/mol. The third-order valence-corrected chi connectivity index (χ3v) is 4.82. The fourth-order valence-corrected chi connectivity index (χ4v) is 3.45. The maximum absolute atomic E-state index is 14.0. The van der Waals surface area contributed by atoms with Gasteiger partial charge in [-0.1, -0.05) is 18.2 Å². The van der Waals surface area contributed by atoms with Crippen LogP contribution >= 0.6 is 0 Å². The maximum atomic E-state index is 14.0. The van der Waals surface area contributed by atoms with E-state index in [4.69, 9.17) is 4.74 Å². The topological polar surface area (TPSA) is 102 Å². The number of amides is 1. The summed E-state index contributed by atoms with van der Waals surface area (Å²) in [6, 6.07) is 9.50. The summed E-state index contributed by atoms with van der Waals surface area (Å²) in [4.78, 5) is 16.2. The van der Waals surface area contributed by atoms with E-state index in [9.17, 15) is 22.0 Å². The number of ether oxygens (including phenoxy) is 1. The molecule has 0 unspecified atom stereocenters. The van der Waals surface area contributed by atoms with Gasteiger partial charge in [0.1, 0.15) is 28.9 Å². The van der Waals surface area contributed by atoms with Crippen LogP contribution in [0.1, 0.15) is 10.5 Å². The van der Waals surface area contributed by atoms with Crippen LogP contribution in [0, 0.1) is 11.6 Å². The molecule has 1 aromatic heterocycles. The highest BCUT2D eigenvalue weighted by Gasteiger charge is 2.23. The molecule has 0 radical (unpaired) electrons. The molecule has 1 heterocycles. The lowest BCUT2D eigenvalue weighted by molar-refractivity contribution is 0.0977. The van der Waals surface area contributed by atoms with E-state index < -0.39 is 33.3 Å². The molecule has 0 bridgehead atoms. The highest BCUT2D eigenvalue weighted by atomic mass is 32.2. The first-order valence-corrected chi connectivity index (χ1v) is 9.66. The Morgan fingerprint density at radius 3 is 2.41 bits per heavy atom. The van der Waals surface area contributed by atoms with Crippen LogP contribution in [0.15, 0.2) is 48.7 Å². The normalized spacial score (nSPS) is 11.2. The molecule has 0 saturated heterocycles. The summed E-state index contributed by atoms with van der Waals surface area (Å²) in [5, 5.41) is 0. The summed E-state index contributed by atoms with van der Waals surface area (Å²) in [6.07, 6.45) is 1.16. The molecule has 29 heavy (non-hydrogen) atoms. The Morgan fingerprint density at radius 2 is 1.76 bits per heavy atom. The number of imidazole rings is 1. The van der Waals surface area contributed by atoms with E-state index in [1.165, 1.54) is 36.9 Å². The Bertz CT molecular complexity index is 1160. The van der Waals surface area contributed by atoms with Crippen molar-refractivity contribution in [3.8, 4) is 17.1 Å². The summed E-state index contributed by atoms with van der Waals surface area (Å²) in [6.45, 7) is 0. The van der Waals surface area contributed by atoms with E-state index in [0.717, 1.165) is 18.3 Å². The number of nitrogens with zero attached hydrogens (tertiary/aromatic N) is 2. The van der Waals surface area contributed by atoms with Crippen LogP contribution in [0.25, 0.3) is 11.4 Å². The second kappa shape index (κ2) is 7.87. The molecule has 152 valence electrons. The van der Waals surface area contributed by atoms with Crippen molar-refractivity contribution in [1.29, 1.82) is 0 Å². The van der Waals surface area contributed by atoms with Crippen LogP contribution in [0.3, 0.4) is 0 Å². The number of aromatic nitrogens is 2. The molecule has 3 rings (SSSR count). The minimum atomic E-state index is -4.33. The molecule has 1 amide bonds. The molecule has 3 aromatic rings. The van der Waals surface area contributed by atoms with E-state index in [1.54, 1.807) is 16.9 Å². The summed E-state index contributed by atoms with van der Waals surface area (Å²) < 4.78 is 62.8. The van der Waals surface area contributed by atoms with Gasteiger partial charge in [0.25, 0.3) is 5.91 Å². The Hall–Kier alpha value is -3.47. The molecule has 0 spiro atoms. The second-order valence-electron chi connectivity index (χ2n) is 5.89. The number of benzene rings is 2. The van der Waals surface area contributed by atoms with Crippen molar-refractivity contribution in [2.75, 3.05) is 11.8 Å². The van der Waals surface area contributed by atoms with Crippen molar-refractivity contribution >= 4 is 21.8 Å². The second-order valence-corrected chi connectivity index (χ2v) is 7.31. The van der Waals surface area contributed by atoms with Crippen molar-refractivity contribution in [2.45, 2.75) is 0 Å². The fourth-order valence-electron chi connectivity index (χ4n) is 2.59. The number of carbonyl (C=O) groups excluding carboxylic acids is 1. The third-order valence-electron chi connectivity index (χ3n) is 3.87. The van der Waals surface area contributed by atoms with Gasteiger partial charge in [-0.05, 0) is 24.3 Å². The Kier molecular flexibility index (Phi) is 5.50. The van der Waals surface area contributed by atoms with Gasteiger partial charge in [-0.2, -0.15) is 8.42 Å². The van der Waals surface area contributed by atoms with Crippen molar-refractivity contribution in [2.24, 2.45) is 7.05 Å². The molecule has 11 heteroatoms. The first kappa shape index (κ1) is 20.3. The predicted molar refractivity (Wildman–Crippen MR) is 102 cm³/mol. The van der Waals surface area contributed by atoms with Gasteiger partial charge in [-0.25, -0.2) is 18.5 Å². The molecule has 0 aliphatic carbocycles. The predicted octanol–water partition coefficient (Wildman–Crippen LogP) is 2.46. The number of methoxy groups -OCH3 is 1. The van der Waals surface area contributed by atoms with E-state index in [-0.39, 0.29) is 23.0 Å². The van der Waals surface area contributed by atoms with Crippen LogP contribution in [-0.2, 0) is 17.3 Å². The summed E-state index contributed by atoms with van der Waals surface area (Å²) in [7, 11) is -1.54. The van der Waals surface area contributed by atoms with Crippen molar-refractivity contribution < 1.29 is 26.7 Å². The average Bonchev–Trinajstić information content (AvgIpc) is 3.03. The van der Waals surface area contributed by atoms with E-state index in [2.05, 4.69) is 9.71 Å². The van der Waals surface area contributed by atoms with Gasteiger partial charge in [-0.3, -0.25) is 9.52 Å². The van der Waals surface area contributed by atoms with Crippen molar-refractivity contribution in [1.82, 2.24) is 14.3 Å². The van der Waals surface area contributed by atoms with Crippen LogP contribution in [0.5, 0.6) is 5.75 Å². The van der Waals surface area contributed by atoms with E-state index in [1.807, 2.05) is 0 Å². The number of nitrogens with one attached hydrogen (secondary N) is 2. The minimum absolute atomic E-state index is 0.116. The van der Waals surface area contributed by atoms with Crippen LogP contribution in [0.2, 0.25) is 0 Å². The first-order valence-electron chi connectivity index (χ1n) is 8.17. The number of aryl methyl sites for hydroxylation is 1. The zero-order valence-electron chi connectivity index (χ0n) is 15.3. The zero-order valence-corrected chi connectivity index (χ0v) is 16.1. The van der Waals surface area contributed by atoms with E-state index in [0.29, 0.717) is 0 Å². The maximum Gasteiger partial charge on any atom is 0.324 e. The largest absolute Gasteiger partial charge is 0.495 e. The highest BCUT2D eigenvalue weighted by molar-refractivity contribution is 7.91. The number of halogens is 2. The number of para-hydroxylation sites is 2. The van der Waals surface area contributed by atoms with Crippen molar-refractivity contribution in [3.05, 3.63) is 66.0 Å². The quantitative estimate of drug-likeness (QED) is 0.635. The third kappa shape index (κ3) is 4.35. The molecule has 0 atom stereocenters. The molecule has 2 aromatic carbocycles. The standard InChI is InChI=1S/C18H16F2N4O4S/c1-24-10-14(21-17(24)16-11(19)6-5-7-12(16)20)18(25)23-29(26,27)22-13-8-3-4-9-15(13)28-2/h3-10,22H,1-2H3,(H,23,25). The summed E-state index contributed by atoms with van der Waals surface area (Å²) in [5.41, 5.74) is -0.648. The summed E-state index contributed by atoms with van der Waals surface area (Å²) in [5.74, 6) is -2.72. The highest BCUT2D eigenvalue weighted by Crippen LogP contribution is 2.25. The fraction of sp³-hybridized carbons (Fsp3) is 0.111. The van der Waals surface area contributed by atoms with Crippen molar-refractivity contribution in [3.63, 3.8) is 0 Å². The number of hydrogen-bond acceptors (Lipinski definition) is 5.